The molecule has 1 aromatic heterocycles. The lowest BCUT2D eigenvalue weighted by Crippen LogP contribution is -2.51. The van der Waals surface area contributed by atoms with Crippen LogP contribution in [0, 0.1) is 6.92 Å². The van der Waals surface area contributed by atoms with Crippen LogP contribution in [0.3, 0.4) is 0 Å². The van der Waals surface area contributed by atoms with Crippen LogP contribution >= 0.6 is 0 Å². The Labute approximate surface area is 138 Å². The molecule has 2 saturated heterocycles. The zero-order valence-electron chi connectivity index (χ0n) is 14.0. The average Bonchev–Trinajstić information content (AvgIpc) is 3.02. The highest BCUT2D eigenvalue weighted by Crippen LogP contribution is 2.32. The van der Waals surface area contributed by atoms with Gasteiger partial charge in [-0.3, -0.25) is 0 Å². The van der Waals surface area contributed by atoms with Crippen molar-refractivity contribution in [1.29, 1.82) is 0 Å². The van der Waals surface area contributed by atoms with E-state index in [-0.39, 0.29) is 12.1 Å². The van der Waals surface area contributed by atoms with Gasteiger partial charge >= 0.3 is 0 Å². The molecule has 0 unspecified atom stereocenters. The number of aromatic nitrogens is 1. The lowest BCUT2D eigenvalue weighted by atomic mass is 10.1. The Hall–Kier alpha value is -1.18. The molecule has 2 fully saturated rings. The fourth-order valence-corrected chi connectivity index (χ4v) is 5.04. The van der Waals surface area contributed by atoms with Crippen LogP contribution in [0.4, 0.5) is 5.82 Å². The lowest BCUT2D eigenvalue weighted by molar-refractivity contribution is 0.0748. The number of anilines is 1. The molecule has 0 aromatic carbocycles. The molecule has 0 spiro atoms. The normalized spacial score (nSPS) is 26.7. The van der Waals surface area contributed by atoms with Gasteiger partial charge in [0.15, 0.2) is 0 Å². The van der Waals surface area contributed by atoms with Crippen LogP contribution < -0.4 is 4.90 Å². The maximum atomic E-state index is 13.1. The highest BCUT2D eigenvalue weighted by molar-refractivity contribution is 7.89. The van der Waals surface area contributed by atoms with Gasteiger partial charge in [0.25, 0.3) is 0 Å². The van der Waals surface area contributed by atoms with Gasteiger partial charge in [0, 0.05) is 18.8 Å². The van der Waals surface area contributed by atoms with Crippen LogP contribution in [-0.2, 0) is 14.8 Å². The number of sulfonamides is 1. The summed E-state index contributed by atoms with van der Waals surface area (Å²) in [6.07, 6.45) is 1.86. The Kier molecular flexibility index (Phi) is 4.62. The van der Waals surface area contributed by atoms with Crippen LogP contribution in [0.25, 0.3) is 0 Å². The van der Waals surface area contributed by atoms with Gasteiger partial charge in [-0.05, 0) is 45.7 Å². The van der Waals surface area contributed by atoms with E-state index < -0.39 is 10.0 Å². The predicted molar refractivity (Wildman–Crippen MR) is 89.2 cm³/mol. The van der Waals surface area contributed by atoms with Crippen LogP contribution in [0.15, 0.2) is 17.0 Å². The van der Waals surface area contributed by atoms with Crippen molar-refractivity contribution in [1.82, 2.24) is 9.29 Å². The van der Waals surface area contributed by atoms with Crippen molar-refractivity contribution in [3.63, 3.8) is 0 Å². The second kappa shape index (κ2) is 6.37. The highest BCUT2D eigenvalue weighted by Gasteiger charge is 2.35. The molecule has 3 rings (SSSR count). The van der Waals surface area contributed by atoms with Crippen molar-refractivity contribution in [2.45, 2.75) is 50.6 Å². The summed E-state index contributed by atoms with van der Waals surface area (Å²) in [5, 5.41) is 0. The molecule has 2 aliphatic heterocycles. The maximum absolute atomic E-state index is 13.1. The molecule has 0 aliphatic carbocycles. The topological polar surface area (TPSA) is 62.7 Å². The van der Waals surface area contributed by atoms with Gasteiger partial charge in [-0.2, -0.15) is 4.31 Å². The van der Waals surface area contributed by atoms with E-state index >= 15 is 0 Å². The van der Waals surface area contributed by atoms with Crippen molar-refractivity contribution < 1.29 is 13.2 Å². The number of hydrogen-bond acceptors (Lipinski definition) is 5. The number of nitrogens with zero attached hydrogens (tertiary/aromatic N) is 3. The van der Waals surface area contributed by atoms with Gasteiger partial charge in [0.1, 0.15) is 10.7 Å². The second-order valence-corrected chi connectivity index (χ2v) is 8.43. The number of pyridine rings is 1. The molecule has 128 valence electrons. The van der Waals surface area contributed by atoms with Crippen molar-refractivity contribution in [2.24, 2.45) is 0 Å². The number of hydrogen-bond donors (Lipinski definition) is 0. The van der Waals surface area contributed by atoms with Crippen molar-refractivity contribution in [3.8, 4) is 0 Å². The smallest absolute Gasteiger partial charge is 0.246 e. The van der Waals surface area contributed by atoms with Gasteiger partial charge in [-0.15, -0.1) is 0 Å². The first-order valence-corrected chi connectivity index (χ1v) is 9.69. The van der Waals surface area contributed by atoms with Gasteiger partial charge in [0.2, 0.25) is 10.0 Å². The van der Waals surface area contributed by atoms with Gasteiger partial charge in [-0.1, -0.05) is 0 Å². The molecular formula is C16H25N3O3S. The van der Waals surface area contributed by atoms with Crippen LogP contribution in [0.1, 0.15) is 32.4 Å². The minimum absolute atomic E-state index is 0.0978. The van der Waals surface area contributed by atoms with E-state index in [1.54, 1.807) is 16.4 Å². The second-order valence-electron chi connectivity index (χ2n) is 6.53. The molecule has 0 amide bonds. The van der Waals surface area contributed by atoms with Crippen molar-refractivity contribution in [3.05, 3.63) is 17.8 Å². The molecule has 0 radical (unpaired) electrons. The summed E-state index contributed by atoms with van der Waals surface area (Å²) in [4.78, 5) is 7.02. The molecule has 0 saturated carbocycles. The molecule has 23 heavy (non-hydrogen) atoms. The molecule has 1 aromatic rings. The van der Waals surface area contributed by atoms with E-state index in [4.69, 9.17) is 4.74 Å². The van der Waals surface area contributed by atoms with Gasteiger partial charge < -0.3 is 9.64 Å². The third kappa shape index (κ3) is 3.09. The minimum Gasteiger partial charge on any atom is -0.377 e. The Morgan fingerprint density at radius 3 is 2.35 bits per heavy atom. The SMILES string of the molecule is Cc1ccc(S(=O)(=O)N2CCCC2)c(N2[C@@H](C)COC[C@@H]2C)n1. The molecule has 3 heterocycles. The number of ether oxygens (including phenoxy) is 1. The molecule has 6 nitrogen and oxygen atoms in total. The van der Waals surface area contributed by atoms with Crippen LogP contribution in [-0.4, -0.2) is 56.1 Å². The van der Waals surface area contributed by atoms with E-state index in [1.165, 1.54) is 0 Å². The average molecular weight is 339 g/mol. The van der Waals surface area contributed by atoms with E-state index in [9.17, 15) is 8.42 Å². The largest absolute Gasteiger partial charge is 0.377 e. The van der Waals surface area contributed by atoms with E-state index in [0.29, 0.717) is 37.0 Å². The monoisotopic (exact) mass is 339 g/mol. The molecule has 0 N–H and O–H groups in total. The summed E-state index contributed by atoms with van der Waals surface area (Å²) in [5.41, 5.74) is 0.825. The quantitative estimate of drug-likeness (QED) is 0.840. The fourth-order valence-electron chi connectivity index (χ4n) is 3.41. The van der Waals surface area contributed by atoms with Crippen LogP contribution in [0.5, 0.6) is 0 Å². The molecule has 0 bridgehead atoms. The van der Waals surface area contributed by atoms with Crippen molar-refractivity contribution >= 4 is 15.8 Å². The fraction of sp³-hybridized carbons (Fsp3) is 0.688. The predicted octanol–water partition coefficient (Wildman–Crippen LogP) is 1.79. The van der Waals surface area contributed by atoms with Gasteiger partial charge in [-0.25, -0.2) is 13.4 Å². The Morgan fingerprint density at radius 2 is 1.74 bits per heavy atom. The molecule has 2 atom stereocenters. The standard InChI is InChI=1S/C16H25N3O3S/c1-12-6-7-15(23(20,21)18-8-4-5-9-18)16(17-12)19-13(2)10-22-11-14(19)3/h6-7,13-14H,4-5,8-11H2,1-3H3/t13-,14-/m0/s1. The summed E-state index contributed by atoms with van der Waals surface area (Å²) in [7, 11) is -3.49. The first kappa shape index (κ1) is 16.7. The maximum Gasteiger partial charge on any atom is 0.246 e. The Morgan fingerprint density at radius 1 is 1.13 bits per heavy atom. The lowest BCUT2D eigenvalue weighted by Gasteiger charge is -2.40. The molecule has 7 heteroatoms. The zero-order chi connectivity index (χ0) is 16.6. The first-order valence-electron chi connectivity index (χ1n) is 8.25. The summed E-state index contributed by atoms with van der Waals surface area (Å²) in [5.74, 6) is 0.570. The molecular weight excluding hydrogens is 314 g/mol. The summed E-state index contributed by atoms with van der Waals surface area (Å²) in [6.45, 7) is 8.36. The van der Waals surface area contributed by atoms with Crippen molar-refractivity contribution in [2.75, 3.05) is 31.2 Å². The molecule has 2 aliphatic rings. The zero-order valence-corrected chi connectivity index (χ0v) is 14.8. The first-order chi connectivity index (χ1) is 10.9. The summed E-state index contributed by atoms with van der Waals surface area (Å²) in [6, 6.07) is 3.68. The summed E-state index contributed by atoms with van der Waals surface area (Å²) >= 11 is 0. The van der Waals surface area contributed by atoms with Crippen LogP contribution in [0.2, 0.25) is 0 Å². The Balaban J connectivity index is 2.08. The third-order valence-corrected chi connectivity index (χ3v) is 6.49. The van der Waals surface area contributed by atoms with E-state index in [1.807, 2.05) is 20.8 Å². The summed E-state index contributed by atoms with van der Waals surface area (Å²) < 4.78 is 33.3. The number of rotatable bonds is 3. The minimum atomic E-state index is -3.49. The Bertz CT molecular complexity index is 661. The number of aryl methyl sites for hydroxylation is 1. The van der Waals surface area contributed by atoms with E-state index in [0.717, 1.165) is 18.5 Å². The number of morpholine rings is 1. The van der Waals surface area contributed by atoms with Gasteiger partial charge in [0.05, 0.1) is 25.3 Å². The van der Waals surface area contributed by atoms with E-state index in [2.05, 4.69) is 9.88 Å². The third-order valence-electron chi connectivity index (χ3n) is 4.57. The highest BCUT2D eigenvalue weighted by atomic mass is 32.2.